The van der Waals surface area contributed by atoms with Crippen molar-refractivity contribution in [2.75, 3.05) is 31.6 Å². The van der Waals surface area contributed by atoms with E-state index in [2.05, 4.69) is 20.9 Å². The molecule has 11 heteroatoms. The predicted octanol–water partition coefficient (Wildman–Crippen LogP) is 3.22. The Morgan fingerprint density at radius 2 is 1.84 bits per heavy atom. The summed E-state index contributed by atoms with van der Waals surface area (Å²) >= 11 is 1.29. The largest absolute Gasteiger partial charge is 0.378 e. The molecule has 10 nitrogen and oxygen atoms in total. The highest BCUT2D eigenvalue weighted by molar-refractivity contribution is 7.22. The molecular weight excluding hydrogens is 494 g/mol. The highest BCUT2D eigenvalue weighted by atomic mass is 32.1. The number of nitrogens with zero attached hydrogens (tertiary/aromatic N) is 2. The SMILES string of the molecule is CCCCC(NC(=O)C1(NC(=O)N2CCOCC2)CCCCC1)C(=O)C(=O)Nc1nc2ccccc2s1. The van der Waals surface area contributed by atoms with Crippen molar-refractivity contribution in [1.82, 2.24) is 20.5 Å². The monoisotopic (exact) mass is 529 g/mol. The van der Waals surface area contributed by atoms with E-state index in [9.17, 15) is 19.2 Å². The maximum atomic E-state index is 13.7. The molecule has 2 heterocycles. The number of amides is 4. The molecule has 3 N–H and O–H groups in total. The molecule has 2 aromatic rings. The average Bonchev–Trinajstić information content (AvgIpc) is 3.33. The Bertz CT molecular complexity index is 1090. The van der Waals surface area contributed by atoms with E-state index >= 15 is 0 Å². The number of morpholine rings is 1. The third-order valence-corrected chi connectivity index (χ3v) is 7.94. The molecular formula is C26H35N5O5S. The molecule has 1 aromatic carbocycles. The van der Waals surface area contributed by atoms with Gasteiger partial charge in [-0.3, -0.25) is 19.7 Å². The van der Waals surface area contributed by atoms with Crippen LogP contribution in [0.2, 0.25) is 0 Å². The van der Waals surface area contributed by atoms with Crippen LogP contribution in [0, 0.1) is 0 Å². The Morgan fingerprint density at radius 1 is 1.11 bits per heavy atom. The van der Waals surface area contributed by atoms with Gasteiger partial charge in [0.25, 0.3) is 5.91 Å². The van der Waals surface area contributed by atoms with Crippen molar-refractivity contribution in [3.05, 3.63) is 24.3 Å². The second kappa shape index (κ2) is 12.5. The lowest BCUT2D eigenvalue weighted by Crippen LogP contribution is -2.64. The summed E-state index contributed by atoms with van der Waals surface area (Å²) in [5.74, 6) is -1.93. The number of carbonyl (C=O) groups is 4. The number of fused-ring (bicyclic) bond motifs is 1. The second-order valence-electron chi connectivity index (χ2n) is 9.65. The van der Waals surface area contributed by atoms with E-state index in [0.717, 1.165) is 35.9 Å². The topological polar surface area (TPSA) is 130 Å². The number of unbranched alkanes of at least 4 members (excludes halogenated alkanes) is 1. The van der Waals surface area contributed by atoms with Gasteiger partial charge in [-0.2, -0.15) is 0 Å². The van der Waals surface area contributed by atoms with E-state index in [1.54, 1.807) is 4.90 Å². The van der Waals surface area contributed by atoms with Gasteiger partial charge in [0.15, 0.2) is 5.13 Å². The summed E-state index contributed by atoms with van der Waals surface area (Å²) in [6.07, 6.45) is 5.34. The number of carbonyl (C=O) groups excluding carboxylic acids is 4. The summed E-state index contributed by atoms with van der Waals surface area (Å²) in [5, 5.41) is 8.76. The van der Waals surface area contributed by atoms with Crippen LogP contribution in [0.15, 0.2) is 24.3 Å². The first-order chi connectivity index (χ1) is 17.9. The van der Waals surface area contributed by atoms with Crippen LogP contribution in [0.25, 0.3) is 10.2 Å². The molecule has 0 bridgehead atoms. The van der Waals surface area contributed by atoms with Gasteiger partial charge in [-0.15, -0.1) is 0 Å². The summed E-state index contributed by atoms with van der Waals surface area (Å²) in [4.78, 5) is 58.7. The van der Waals surface area contributed by atoms with Crippen LogP contribution in [0.1, 0.15) is 58.3 Å². The Balaban J connectivity index is 1.46. The molecule has 0 radical (unpaired) electrons. The van der Waals surface area contributed by atoms with E-state index in [0.29, 0.717) is 57.1 Å². The fourth-order valence-corrected chi connectivity index (χ4v) is 5.69. The van der Waals surface area contributed by atoms with Crippen molar-refractivity contribution < 1.29 is 23.9 Å². The van der Waals surface area contributed by atoms with Gasteiger partial charge in [-0.25, -0.2) is 9.78 Å². The third-order valence-electron chi connectivity index (χ3n) is 6.99. The minimum atomic E-state index is -1.11. The molecule has 1 saturated heterocycles. The number of thiazole rings is 1. The van der Waals surface area contributed by atoms with Gasteiger partial charge in [0.1, 0.15) is 5.54 Å². The molecule has 0 spiro atoms. The van der Waals surface area contributed by atoms with Gasteiger partial charge in [0, 0.05) is 13.1 Å². The first-order valence-electron chi connectivity index (χ1n) is 13.1. The number of rotatable bonds is 9. The zero-order valence-corrected chi connectivity index (χ0v) is 22.0. The molecule has 4 rings (SSSR count). The normalized spacial score (nSPS) is 18.1. The number of nitrogens with one attached hydrogen (secondary N) is 3. The predicted molar refractivity (Wildman–Crippen MR) is 141 cm³/mol. The van der Waals surface area contributed by atoms with Crippen molar-refractivity contribution in [2.45, 2.75) is 69.9 Å². The molecule has 4 amide bonds. The van der Waals surface area contributed by atoms with Crippen LogP contribution in [-0.2, 0) is 19.1 Å². The first kappa shape index (κ1) is 27.0. The Hall–Kier alpha value is -3.05. The maximum absolute atomic E-state index is 13.7. The van der Waals surface area contributed by atoms with Crippen LogP contribution in [-0.4, -0.2) is 71.4 Å². The molecule has 1 aromatic heterocycles. The van der Waals surface area contributed by atoms with E-state index in [1.807, 2.05) is 31.2 Å². The van der Waals surface area contributed by atoms with Crippen molar-refractivity contribution in [2.24, 2.45) is 0 Å². The summed E-state index contributed by atoms with van der Waals surface area (Å²) < 4.78 is 6.23. The Labute approximate surface area is 220 Å². The van der Waals surface area contributed by atoms with E-state index in [-0.39, 0.29) is 6.03 Å². The van der Waals surface area contributed by atoms with Crippen LogP contribution in [0.3, 0.4) is 0 Å². The van der Waals surface area contributed by atoms with Crippen molar-refractivity contribution in [3.8, 4) is 0 Å². The zero-order valence-electron chi connectivity index (χ0n) is 21.2. The fourth-order valence-electron chi connectivity index (χ4n) is 4.83. The Morgan fingerprint density at radius 3 is 2.54 bits per heavy atom. The van der Waals surface area contributed by atoms with E-state index in [4.69, 9.17) is 4.74 Å². The fraction of sp³-hybridized carbons (Fsp3) is 0.577. The number of aromatic nitrogens is 1. The van der Waals surface area contributed by atoms with Gasteiger partial charge in [0.05, 0.1) is 29.5 Å². The number of anilines is 1. The molecule has 200 valence electrons. The van der Waals surface area contributed by atoms with Gasteiger partial charge in [-0.05, 0) is 31.4 Å². The molecule has 2 fully saturated rings. The lowest BCUT2D eigenvalue weighted by atomic mass is 9.80. The zero-order chi connectivity index (χ0) is 26.3. The quantitative estimate of drug-likeness (QED) is 0.428. The number of hydrogen-bond acceptors (Lipinski definition) is 7. The molecule has 1 saturated carbocycles. The van der Waals surface area contributed by atoms with Crippen molar-refractivity contribution in [1.29, 1.82) is 0 Å². The first-order valence-corrected chi connectivity index (χ1v) is 13.9. The summed E-state index contributed by atoms with van der Waals surface area (Å²) in [7, 11) is 0. The highest BCUT2D eigenvalue weighted by Gasteiger charge is 2.43. The summed E-state index contributed by atoms with van der Waals surface area (Å²) in [6.45, 7) is 3.84. The van der Waals surface area contributed by atoms with Crippen LogP contribution >= 0.6 is 11.3 Å². The number of para-hydroxylation sites is 1. The van der Waals surface area contributed by atoms with Crippen LogP contribution in [0.5, 0.6) is 0 Å². The summed E-state index contributed by atoms with van der Waals surface area (Å²) in [5.41, 5.74) is -0.372. The van der Waals surface area contributed by atoms with Crippen molar-refractivity contribution >= 4 is 50.3 Å². The second-order valence-corrected chi connectivity index (χ2v) is 10.7. The van der Waals surface area contributed by atoms with Gasteiger partial charge in [0.2, 0.25) is 11.7 Å². The Kier molecular flexibility index (Phi) is 9.09. The lowest BCUT2D eigenvalue weighted by Gasteiger charge is -2.39. The van der Waals surface area contributed by atoms with Gasteiger partial charge >= 0.3 is 6.03 Å². The molecule has 1 aliphatic heterocycles. The van der Waals surface area contributed by atoms with Crippen LogP contribution < -0.4 is 16.0 Å². The van der Waals surface area contributed by atoms with Crippen molar-refractivity contribution in [3.63, 3.8) is 0 Å². The smallest absolute Gasteiger partial charge is 0.318 e. The van der Waals surface area contributed by atoms with E-state index in [1.165, 1.54) is 11.3 Å². The lowest BCUT2D eigenvalue weighted by molar-refractivity contribution is -0.138. The third kappa shape index (κ3) is 6.64. The molecule has 1 unspecified atom stereocenters. The molecule has 1 aliphatic carbocycles. The number of ether oxygens (including phenoxy) is 1. The van der Waals surface area contributed by atoms with Gasteiger partial charge < -0.3 is 20.3 Å². The molecule has 37 heavy (non-hydrogen) atoms. The standard InChI is InChI=1S/C26H35N5O5S/c1-2-3-9-19(21(32)22(33)29-24-28-18-10-5-6-11-20(18)37-24)27-23(34)26(12-7-4-8-13-26)30-25(35)31-14-16-36-17-15-31/h5-6,10-11,19H,2-4,7-9,12-17H2,1H3,(H,27,34)(H,30,35)(H,28,29,33). The number of benzene rings is 1. The highest BCUT2D eigenvalue weighted by Crippen LogP contribution is 2.30. The summed E-state index contributed by atoms with van der Waals surface area (Å²) in [6, 6.07) is 6.18. The maximum Gasteiger partial charge on any atom is 0.318 e. The number of Topliss-reactive ketones (excluding diaryl/α,β-unsaturated/α-hetero) is 1. The minimum Gasteiger partial charge on any atom is -0.378 e. The molecule has 2 aliphatic rings. The van der Waals surface area contributed by atoms with E-state index < -0.39 is 29.2 Å². The van der Waals surface area contributed by atoms with Gasteiger partial charge in [-0.1, -0.05) is 62.5 Å². The average molecular weight is 530 g/mol. The minimum absolute atomic E-state index is 0.301. The number of ketones is 1. The number of hydrogen-bond donors (Lipinski definition) is 3. The number of urea groups is 1. The molecule has 1 atom stereocenters. The van der Waals surface area contributed by atoms with Crippen LogP contribution in [0.4, 0.5) is 9.93 Å².